The summed E-state index contributed by atoms with van der Waals surface area (Å²) in [7, 11) is -0.664. The molecule has 0 radical (unpaired) electrons. The molecule has 0 aliphatic carbocycles. The van der Waals surface area contributed by atoms with E-state index >= 15 is 9.59 Å². The van der Waals surface area contributed by atoms with Gasteiger partial charge in [0.2, 0.25) is 0 Å². The Balaban J connectivity index is 0.000000257. The number of carbonyl (C=O) groups is 2. The molecule has 11 aromatic heterocycles. The van der Waals surface area contributed by atoms with Gasteiger partial charge in [0.05, 0.1) is 50.9 Å². The number of hydrogen-bond donors (Lipinski definition) is 0. The zero-order valence-corrected chi connectivity index (χ0v) is 93.3. The highest BCUT2D eigenvalue weighted by atomic mass is 79.9. The van der Waals surface area contributed by atoms with E-state index in [2.05, 4.69) is 234 Å². The minimum absolute atomic E-state index is 0.158. The van der Waals surface area contributed by atoms with E-state index in [1.165, 1.54) is 244 Å². The van der Waals surface area contributed by atoms with Crippen molar-refractivity contribution >= 4 is 181 Å². The Morgan fingerprint density at radius 1 is 0.323 bits per heavy atom. The Morgan fingerprint density at radius 2 is 0.677 bits per heavy atom. The van der Waals surface area contributed by atoms with Crippen LogP contribution in [0.4, 0.5) is 0 Å². The van der Waals surface area contributed by atoms with Crippen molar-refractivity contribution in [3.05, 3.63) is 171 Å². The molecule has 4 aliphatic rings. The van der Waals surface area contributed by atoms with E-state index in [0.717, 1.165) is 95.0 Å². The zero-order chi connectivity index (χ0) is 94.7. The van der Waals surface area contributed by atoms with Crippen molar-refractivity contribution in [1.29, 1.82) is 0 Å². The molecule has 0 saturated carbocycles. The van der Waals surface area contributed by atoms with Crippen LogP contribution in [0.3, 0.4) is 0 Å². The van der Waals surface area contributed by atoms with E-state index in [1.807, 2.05) is 108 Å². The summed E-state index contributed by atoms with van der Waals surface area (Å²) >= 11 is 24.1. The first-order valence-electron chi connectivity index (χ1n) is 50.4. The van der Waals surface area contributed by atoms with Crippen LogP contribution >= 0.6 is 134 Å². The highest BCUT2D eigenvalue weighted by molar-refractivity contribution is 9.11. The van der Waals surface area contributed by atoms with Crippen LogP contribution in [0, 0.1) is 11.8 Å². The van der Waals surface area contributed by atoms with Gasteiger partial charge in [0.1, 0.15) is 22.9 Å². The van der Waals surface area contributed by atoms with Crippen molar-refractivity contribution in [1.82, 2.24) is 9.80 Å². The lowest BCUT2D eigenvalue weighted by Gasteiger charge is -2.32. The fraction of sp³-hybridized carbons (Fsp3) is 0.545. The van der Waals surface area contributed by atoms with E-state index in [-0.39, 0.29) is 60.3 Å². The third-order valence-corrected chi connectivity index (χ3v) is 39.1. The summed E-state index contributed by atoms with van der Waals surface area (Å²) in [5.41, 5.74) is 9.53. The summed E-state index contributed by atoms with van der Waals surface area (Å²) in [4.78, 5) is 50.8. The van der Waals surface area contributed by atoms with Crippen LogP contribution in [0.1, 0.15) is 349 Å². The van der Waals surface area contributed by atoms with Gasteiger partial charge in [0.25, 0.3) is 11.8 Å². The van der Waals surface area contributed by atoms with E-state index < -0.39 is 0 Å². The maximum atomic E-state index is 15.5. The molecule has 0 N–H and O–H groups in total. The first-order chi connectivity index (χ1) is 64.1. The van der Waals surface area contributed by atoms with Gasteiger partial charge in [0, 0.05) is 71.4 Å². The lowest BCUT2D eigenvalue weighted by molar-refractivity contribution is -0.124. The quantitative estimate of drug-likeness (QED) is 0.0274. The molecule has 15 heterocycles. The van der Waals surface area contributed by atoms with Gasteiger partial charge in [0.15, 0.2) is 11.5 Å². The van der Waals surface area contributed by atoms with Gasteiger partial charge in [-0.25, -0.2) is 0 Å². The van der Waals surface area contributed by atoms with Crippen molar-refractivity contribution < 1.29 is 37.0 Å². The predicted octanol–water partition coefficient (Wildman–Crippen LogP) is 36.0. The minimum atomic E-state index is -0.332. The molecule has 133 heavy (non-hydrogen) atoms. The number of furan rings is 2. The summed E-state index contributed by atoms with van der Waals surface area (Å²) in [6, 6.07) is 35.6. The molecule has 2 atom stereocenters. The first kappa shape index (κ1) is 106. The molecule has 2 amide bonds. The maximum absolute atomic E-state index is 15.5. The summed E-state index contributed by atoms with van der Waals surface area (Å²) in [6.45, 7) is 40.0. The summed E-state index contributed by atoms with van der Waals surface area (Å²) < 4.78 is 43.1. The second kappa shape index (κ2) is 49.6. The monoisotopic (exact) mass is 2090 g/mol. The number of rotatable bonds is 49. The average Bonchev–Trinajstić information content (AvgIpc) is 1.54. The lowest BCUT2D eigenvalue weighted by atomic mass is 9.86. The van der Waals surface area contributed by atoms with Gasteiger partial charge in [-0.05, 0) is 312 Å². The predicted molar refractivity (Wildman–Crippen MR) is 589 cm³/mol. The smallest absolute Gasteiger partial charge is 0.454 e. The molecule has 10 nitrogen and oxygen atoms in total. The molecule has 4 aliphatic heterocycles. The number of hydrogen-bond acceptors (Lipinski definition) is 17. The summed E-state index contributed by atoms with van der Waals surface area (Å²) in [6.07, 6.45) is 41.0. The van der Waals surface area contributed by atoms with Crippen molar-refractivity contribution in [3.8, 4) is 70.0 Å². The standard InChI is InChI=1S/C74H92N2O4S6.C20H28Br2S2.C16H26B2O4S/c1-9-15-19-23-30-51-41-43-82-71(51)72-54(33-26-22-18-12-4)46-64(86-72)59-39-40-61(83-59)70-53(32-25-21-17-11-3)45-63(85-70)56-36-38-58(80-56)68-66-65(73(77)76(68)48-50(8)29-14-6)67(75(74(66)78)47-49(7)28-13-5)57-37-35-55(79-57)62-44-52(31-24-20-16-10-2)69(84-62)60-34-27-42-81-60;1-3-5-7-9-11-15-13-17(21)23-19(15)20-16(14-18(22)24-20)12-10-8-6-4-2;1-13(2)14(3,4)20-17(19-13)11-9-10-12(23-11)18-21-15(5,6)16(7,8)22-18/h27,34-46,49-50H,9-26,28-33,47-48H2,1-8H3;13-14H,3-12H2,1-2H3;9-10H,1-8H3. The topological polar surface area (TPSA) is 104 Å². The fourth-order valence-corrected chi connectivity index (χ4v) is 29.7. The molecule has 23 heteroatoms. The van der Waals surface area contributed by atoms with Crippen molar-refractivity contribution in [2.45, 2.75) is 365 Å². The Bertz CT molecular complexity index is 5470. The van der Waals surface area contributed by atoms with Crippen LogP contribution in [0.15, 0.2) is 135 Å². The van der Waals surface area contributed by atoms with Crippen LogP contribution in [-0.2, 0) is 66.7 Å². The third-order valence-electron chi connectivity index (χ3n) is 27.3. The largest absolute Gasteiger partial charge is 0.505 e. The number of aryl methyl sites for hydroxylation is 6. The molecule has 0 bridgehead atoms. The Morgan fingerprint density at radius 3 is 1.07 bits per heavy atom. The van der Waals surface area contributed by atoms with E-state index in [1.54, 1.807) is 34.0 Å². The number of carbonyl (C=O) groups excluding carboxylic acids is 2. The maximum Gasteiger partial charge on any atom is 0.505 e. The van der Waals surface area contributed by atoms with E-state index in [0.29, 0.717) is 47.2 Å². The highest BCUT2D eigenvalue weighted by Crippen LogP contribution is 2.54. The van der Waals surface area contributed by atoms with Crippen LogP contribution in [0.25, 0.3) is 81.4 Å². The van der Waals surface area contributed by atoms with Crippen molar-refractivity contribution in [3.63, 3.8) is 0 Å². The number of fused-ring (bicyclic) bond motifs is 1. The van der Waals surface area contributed by atoms with Gasteiger partial charge in [-0.15, -0.1) is 90.7 Å². The normalized spacial score (nSPS) is 16.1. The van der Waals surface area contributed by atoms with Crippen LogP contribution in [0.2, 0.25) is 0 Å². The van der Waals surface area contributed by atoms with Crippen molar-refractivity contribution in [2.75, 3.05) is 13.1 Å². The zero-order valence-electron chi connectivity index (χ0n) is 82.7. The number of unbranched alkanes of at least 4 members (excludes halogenated alkanes) is 18. The fourth-order valence-electron chi connectivity index (χ4n) is 18.3. The van der Waals surface area contributed by atoms with Gasteiger partial charge < -0.3 is 37.3 Å². The molecular formula is C110H146B2Br2N2O8S9. The number of halogens is 2. The minimum Gasteiger partial charge on any atom is -0.454 e. The molecule has 718 valence electrons. The summed E-state index contributed by atoms with van der Waals surface area (Å²) in [5, 5.41) is 4.47. The number of thiophene rings is 9. The average molecular weight is 2090 g/mol. The lowest BCUT2D eigenvalue weighted by Crippen LogP contribution is -2.41. The Hall–Kier alpha value is -4.79. The van der Waals surface area contributed by atoms with Gasteiger partial charge in [-0.2, -0.15) is 11.3 Å². The molecule has 2 fully saturated rings. The van der Waals surface area contributed by atoms with Gasteiger partial charge >= 0.3 is 14.2 Å². The van der Waals surface area contributed by atoms with E-state index in [4.69, 9.17) is 27.5 Å². The molecule has 11 aromatic rings. The highest BCUT2D eigenvalue weighted by Gasteiger charge is 2.56. The van der Waals surface area contributed by atoms with Crippen LogP contribution in [-0.4, -0.2) is 71.3 Å². The van der Waals surface area contributed by atoms with E-state index in [9.17, 15) is 0 Å². The second-order valence-corrected chi connectivity index (χ2v) is 51.4. The van der Waals surface area contributed by atoms with Crippen LogP contribution < -0.4 is 9.55 Å². The molecule has 0 spiro atoms. The second-order valence-electron chi connectivity index (χ2n) is 39.3. The van der Waals surface area contributed by atoms with Gasteiger partial charge in [-0.3, -0.25) is 9.59 Å². The van der Waals surface area contributed by atoms with Crippen molar-refractivity contribution in [2.24, 2.45) is 11.8 Å². The molecule has 0 aromatic carbocycles. The van der Waals surface area contributed by atoms with Gasteiger partial charge in [-0.1, -0.05) is 216 Å². The molecular weight excluding hydrogens is 1950 g/mol. The summed E-state index contributed by atoms with van der Waals surface area (Å²) in [5.74, 6) is 2.71. The Kier molecular flexibility index (Phi) is 39.3. The molecule has 2 saturated heterocycles. The van der Waals surface area contributed by atoms with Crippen LogP contribution in [0.5, 0.6) is 0 Å². The number of nitrogens with zero attached hydrogens (tertiary/aromatic N) is 2. The SMILES string of the molecule is CC1(C)OB(c2ccc(B3OC(C)(C)C(C)(C)O3)s2)OC1(C)C.CCCCCCc1cc(-c2ccc(C3=C4C(=O)N(CC(C)CCC)C(c5ccc(-c6cc(CCCCCC)c(-c7ccc(-c8cc(CCCCCC)c(-c9sccc9CCCCCC)s8)s7)s6)o5)=C4C(=O)N3CC(C)CCC)o2)sc1-c1cccs1.CCCCCCc1cc(Br)sc1-c1sc(Br)cc1CCCCCC. The molecule has 2 unspecified atom stereocenters. The third kappa shape index (κ3) is 26.1. The number of amides is 2. The first-order valence-corrected chi connectivity index (χ1v) is 59.4. The molecule has 15 rings (SSSR count). The Labute approximate surface area is 851 Å².